The zero-order valence-electron chi connectivity index (χ0n) is 22.2. The van der Waals surface area contributed by atoms with Crippen molar-refractivity contribution < 1.29 is 14.6 Å². The van der Waals surface area contributed by atoms with Gasteiger partial charge in [-0.25, -0.2) is 15.0 Å². The summed E-state index contributed by atoms with van der Waals surface area (Å²) in [4.78, 5) is 29.7. The molecule has 6 rings (SSSR count). The first-order valence-corrected chi connectivity index (χ1v) is 13.7. The number of amides is 1. The summed E-state index contributed by atoms with van der Waals surface area (Å²) in [5.41, 5.74) is 4.42. The predicted octanol–water partition coefficient (Wildman–Crippen LogP) is 3.47. The van der Waals surface area contributed by atoms with Gasteiger partial charge in [0, 0.05) is 81.3 Å². The number of hydrogen-bond donors (Lipinski definition) is 1. The van der Waals surface area contributed by atoms with Crippen LogP contribution < -0.4 is 4.74 Å². The Morgan fingerprint density at radius 3 is 2.74 bits per heavy atom. The highest BCUT2D eigenvalue weighted by Gasteiger charge is 2.23. The lowest BCUT2D eigenvalue weighted by molar-refractivity contribution is -0.130. The van der Waals surface area contributed by atoms with E-state index in [0.717, 1.165) is 62.0 Å². The molecular weight excluding hydrogens is 492 g/mol. The Hall–Kier alpha value is -3.82. The summed E-state index contributed by atoms with van der Waals surface area (Å²) >= 11 is 0. The van der Waals surface area contributed by atoms with Crippen molar-refractivity contribution in [1.29, 1.82) is 0 Å². The molecular formula is C30H34N6O3. The number of likely N-dealkylation sites (tertiary alicyclic amines) is 1. The third-order valence-corrected chi connectivity index (χ3v) is 7.85. The lowest BCUT2D eigenvalue weighted by Crippen LogP contribution is -2.38. The molecule has 9 nitrogen and oxygen atoms in total. The van der Waals surface area contributed by atoms with Crippen molar-refractivity contribution in [2.45, 2.75) is 44.9 Å². The van der Waals surface area contributed by atoms with Crippen molar-refractivity contribution in [1.82, 2.24) is 29.3 Å². The van der Waals surface area contributed by atoms with Gasteiger partial charge in [-0.1, -0.05) is 24.3 Å². The first kappa shape index (κ1) is 25.5. The number of nitrogens with zero attached hydrogens (tertiary/aromatic N) is 6. The number of ether oxygens (including phenoxy) is 1. The number of aliphatic hydroxyl groups is 1. The molecule has 0 saturated carbocycles. The molecule has 9 heteroatoms. The molecule has 1 amide bonds. The van der Waals surface area contributed by atoms with Gasteiger partial charge in [0.25, 0.3) is 0 Å². The molecule has 0 spiro atoms. The Bertz CT molecular complexity index is 1460. The van der Waals surface area contributed by atoms with E-state index in [1.807, 2.05) is 29.3 Å². The van der Waals surface area contributed by atoms with Crippen molar-refractivity contribution >= 4 is 16.9 Å². The standard InChI is InChI=1S/C30H34N6O3/c1-21(37)35-13-9-26(10-14-35)36-15-8-24-17-32-29(33-30(24)36)23-6-11-31-28(16-23)39-20-27(38)19-34-12-7-22-4-2-3-5-25(22)18-34/h2-6,8,11,15-17,26-27,38H,7,9-10,12-14,18-20H2,1H3. The van der Waals surface area contributed by atoms with Gasteiger partial charge in [-0.3, -0.25) is 9.69 Å². The molecule has 2 aliphatic heterocycles. The third-order valence-electron chi connectivity index (χ3n) is 7.85. The lowest BCUT2D eigenvalue weighted by Gasteiger charge is -2.32. The molecule has 1 atom stereocenters. The number of benzene rings is 1. The van der Waals surface area contributed by atoms with Gasteiger partial charge in [0.1, 0.15) is 18.4 Å². The number of aliphatic hydroxyl groups excluding tert-OH is 1. The number of hydrogen-bond acceptors (Lipinski definition) is 7. The van der Waals surface area contributed by atoms with Gasteiger partial charge in [-0.15, -0.1) is 0 Å². The van der Waals surface area contributed by atoms with Crippen LogP contribution in [0.25, 0.3) is 22.4 Å². The van der Waals surface area contributed by atoms with Crippen molar-refractivity contribution in [3.8, 4) is 17.3 Å². The zero-order valence-corrected chi connectivity index (χ0v) is 22.2. The Morgan fingerprint density at radius 2 is 1.92 bits per heavy atom. The monoisotopic (exact) mass is 526 g/mol. The summed E-state index contributed by atoms with van der Waals surface area (Å²) in [5.74, 6) is 1.17. The number of pyridine rings is 1. The fourth-order valence-electron chi connectivity index (χ4n) is 5.70. The summed E-state index contributed by atoms with van der Waals surface area (Å²) in [6, 6.07) is 14.5. The van der Waals surface area contributed by atoms with E-state index in [-0.39, 0.29) is 12.5 Å². The minimum atomic E-state index is -0.619. The fraction of sp³-hybridized carbons (Fsp3) is 0.400. The average Bonchev–Trinajstić information content (AvgIpc) is 3.39. The second-order valence-corrected chi connectivity index (χ2v) is 10.5. The van der Waals surface area contributed by atoms with E-state index >= 15 is 0 Å². The maximum absolute atomic E-state index is 11.7. The van der Waals surface area contributed by atoms with Crippen LogP contribution in [0.15, 0.2) is 61.1 Å². The number of carbonyl (C=O) groups is 1. The molecule has 1 N–H and O–H groups in total. The summed E-state index contributed by atoms with van der Waals surface area (Å²) in [5, 5.41) is 11.6. The van der Waals surface area contributed by atoms with Crippen molar-refractivity contribution in [3.05, 3.63) is 72.2 Å². The molecule has 0 bridgehead atoms. The Balaban J connectivity index is 1.10. The molecule has 1 fully saturated rings. The SMILES string of the molecule is CC(=O)N1CCC(n2ccc3cnc(-c4ccnc(OCC(O)CN5CCc6ccccc6C5)c4)nc32)CC1. The molecule has 2 aliphatic rings. The van der Waals surface area contributed by atoms with Gasteiger partial charge in [0.15, 0.2) is 5.82 Å². The normalized spacial score (nSPS) is 17.2. The summed E-state index contributed by atoms with van der Waals surface area (Å²) in [6.45, 7) is 5.65. The van der Waals surface area contributed by atoms with Crippen LogP contribution in [0.1, 0.15) is 36.9 Å². The lowest BCUT2D eigenvalue weighted by atomic mass is 10.00. The quantitative estimate of drug-likeness (QED) is 0.394. The van der Waals surface area contributed by atoms with E-state index < -0.39 is 6.10 Å². The van der Waals surface area contributed by atoms with Crippen LogP contribution in [0.4, 0.5) is 0 Å². The molecule has 0 aliphatic carbocycles. The predicted molar refractivity (Wildman–Crippen MR) is 148 cm³/mol. The minimum absolute atomic E-state index is 0.135. The van der Waals surface area contributed by atoms with E-state index in [4.69, 9.17) is 9.72 Å². The fourth-order valence-corrected chi connectivity index (χ4v) is 5.70. The molecule has 1 aromatic carbocycles. The maximum atomic E-state index is 11.7. The molecule has 202 valence electrons. The first-order chi connectivity index (χ1) is 19.0. The molecule has 39 heavy (non-hydrogen) atoms. The minimum Gasteiger partial charge on any atom is -0.475 e. The van der Waals surface area contributed by atoms with E-state index in [0.29, 0.717) is 24.3 Å². The van der Waals surface area contributed by atoms with Gasteiger partial charge in [-0.2, -0.15) is 0 Å². The van der Waals surface area contributed by atoms with Gasteiger partial charge < -0.3 is 19.3 Å². The topological polar surface area (TPSA) is 96.6 Å². The summed E-state index contributed by atoms with van der Waals surface area (Å²) in [6.07, 6.45) is 7.79. The van der Waals surface area contributed by atoms with Crippen LogP contribution in [-0.4, -0.2) is 79.2 Å². The molecule has 0 radical (unpaired) electrons. The van der Waals surface area contributed by atoms with Crippen molar-refractivity contribution in [3.63, 3.8) is 0 Å². The largest absolute Gasteiger partial charge is 0.475 e. The number of aromatic nitrogens is 4. The maximum Gasteiger partial charge on any atom is 0.219 e. The van der Waals surface area contributed by atoms with Crippen molar-refractivity contribution in [2.24, 2.45) is 0 Å². The van der Waals surface area contributed by atoms with E-state index in [1.54, 1.807) is 13.1 Å². The zero-order chi connectivity index (χ0) is 26.8. The van der Waals surface area contributed by atoms with Gasteiger partial charge in [0.2, 0.25) is 11.8 Å². The number of piperidine rings is 1. The average molecular weight is 527 g/mol. The van der Waals surface area contributed by atoms with E-state index in [1.165, 1.54) is 11.1 Å². The van der Waals surface area contributed by atoms with Crippen LogP contribution in [0.2, 0.25) is 0 Å². The van der Waals surface area contributed by atoms with Gasteiger partial charge >= 0.3 is 0 Å². The summed E-state index contributed by atoms with van der Waals surface area (Å²) in [7, 11) is 0. The second-order valence-electron chi connectivity index (χ2n) is 10.5. The Kier molecular flexibility index (Phi) is 7.26. The van der Waals surface area contributed by atoms with Gasteiger partial charge in [0.05, 0.1) is 0 Å². The number of carbonyl (C=O) groups excluding carboxylic acids is 1. The molecule has 3 aromatic heterocycles. The Morgan fingerprint density at radius 1 is 1.10 bits per heavy atom. The molecule has 1 saturated heterocycles. The van der Waals surface area contributed by atoms with E-state index in [2.05, 4.69) is 49.9 Å². The third kappa shape index (κ3) is 5.65. The highest BCUT2D eigenvalue weighted by atomic mass is 16.5. The number of fused-ring (bicyclic) bond motifs is 2. The highest BCUT2D eigenvalue weighted by Crippen LogP contribution is 2.28. The van der Waals surface area contributed by atoms with Crippen LogP contribution >= 0.6 is 0 Å². The molecule has 5 heterocycles. The van der Waals surface area contributed by atoms with E-state index in [9.17, 15) is 9.90 Å². The smallest absolute Gasteiger partial charge is 0.219 e. The van der Waals surface area contributed by atoms with Crippen LogP contribution in [0.5, 0.6) is 5.88 Å². The number of rotatable bonds is 7. The van der Waals surface area contributed by atoms with Gasteiger partial charge in [-0.05, 0) is 42.5 Å². The first-order valence-electron chi connectivity index (χ1n) is 13.7. The second kappa shape index (κ2) is 11.1. The highest BCUT2D eigenvalue weighted by molar-refractivity contribution is 5.77. The van der Waals surface area contributed by atoms with Crippen LogP contribution in [0.3, 0.4) is 0 Å². The number of β-amino-alcohol motifs (C(OH)–C–C–N with tert-alkyl or cyclic N) is 1. The molecule has 1 unspecified atom stereocenters. The summed E-state index contributed by atoms with van der Waals surface area (Å²) < 4.78 is 8.10. The molecule has 4 aromatic rings. The Labute approximate surface area is 228 Å². The van der Waals surface area contributed by atoms with Crippen LogP contribution in [-0.2, 0) is 17.8 Å². The van der Waals surface area contributed by atoms with Crippen molar-refractivity contribution in [2.75, 3.05) is 32.8 Å². The van der Waals surface area contributed by atoms with Crippen LogP contribution in [0, 0.1) is 0 Å².